The van der Waals surface area contributed by atoms with Crippen LogP contribution in [0.15, 0.2) is 30.8 Å². The Labute approximate surface area is 112 Å². The van der Waals surface area contributed by atoms with Crippen molar-refractivity contribution >= 4 is 39.5 Å². The van der Waals surface area contributed by atoms with E-state index in [1.54, 1.807) is 0 Å². The lowest BCUT2D eigenvalue weighted by Crippen LogP contribution is -2.53. The third-order valence-electron chi connectivity index (χ3n) is 2.69. The molecule has 0 heterocycles. The van der Waals surface area contributed by atoms with Gasteiger partial charge in [0, 0.05) is 5.50 Å². The van der Waals surface area contributed by atoms with Gasteiger partial charge in [-0.2, -0.15) is 0 Å². The minimum atomic E-state index is -1.83. The van der Waals surface area contributed by atoms with Crippen molar-refractivity contribution in [2.75, 3.05) is 5.50 Å². The molecular weight excluding hydrogens is 264 g/mol. The first kappa shape index (κ1) is 14.7. The van der Waals surface area contributed by atoms with E-state index < -0.39 is 16.6 Å². The molecule has 0 aliphatic carbocycles. The first-order valence-corrected chi connectivity index (χ1v) is 12.4. The molecule has 94 valence electrons. The summed E-state index contributed by atoms with van der Waals surface area (Å²) in [7, 11) is -3.54. The topological polar surface area (TPSA) is 9.23 Å². The Bertz CT molecular complexity index is 385. The van der Waals surface area contributed by atoms with Crippen LogP contribution in [0, 0.1) is 0 Å². The van der Waals surface area contributed by atoms with Crippen LogP contribution in [-0.2, 0) is 4.12 Å². The third kappa shape index (κ3) is 4.10. The predicted octanol–water partition coefficient (Wildman–Crippen LogP) is 3.74. The maximum Gasteiger partial charge on any atom is 0.205 e. The molecule has 1 rings (SSSR count). The second-order valence-corrected chi connectivity index (χ2v) is 14.3. The number of halogens is 1. The highest BCUT2D eigenvalue weighted by Crippen LogP contribution is 2.16. The molecule has 1 aromatic carbocycles. The monoisotopic (exact) mass is 284 g/mol. The molecule has 0 saturated carbocycles. The van der Waals surface area contributed by atoms with Gasteiger partial charge in [0.1, 0.15) is 0 Å². The SMILES string of the molecule is C=Cc1ccc([Si](C)(C)O[Si](C)(C)CCl)cc1. The van der Waals surface area contributed by atoms with Gasteiger partial charge in [0.2, 0.25) is 8.32 Å². The highest BCUT2D eigenvalue weighted by Gasteiger charge is 2.33. The van der Waals surface area contributed by atoms with Gasteiger partial charge in [-0.15, -0.1) is 11.6 Å². The quantitative estimate of drug-likeness (QED) is 0.591. The summed E-state index contributed by atoms with van der Waals surface area (Å²) < 4.78 is 6.35. The molecule has 0 saturated heterocycles. The molecule has 0 fully saturated rings. The Morgan fingerprint density at radius 1 is 1.18 bits per heavy atom. The van der Waals surface area contributed by atoms with Crippen LogP contribution in [0.5, 0.6) is 0 Å². The zero-order valence-corrected chi connectivity index (χ0v) is 13.8. The van der Waals surface area contributed by atoms with Crippen molar-refractivity contribution in [3.8, 4) is 0 Å². The Kier molecular flexibility index (Phi) is 4.78. The van der Waals surface area contributed by atoms with Gasteiger partial charge in [-0.1, -0.05) is 36.9 Å². The molecule has 1 aromatic rings. The smallest absolute Gasteiger partial charge is 0.205 e. The van der Waals surface area contributed by atoms with E-state index >= 15 is 0 Å². The normalized spacial score (nSPS) is 12.5. The van der Waals surface area contributed by atoms with Crippen LogP contribution < -0.4 is 5.19 Å². The summed E-state index contributed by atoms with van der Waals surface area (Å²) in [6.07, 6.45) is 1.86. The van der Waals surface area contributed by atoms with Gasteiger partial charge in [-0.05, 0) is 36.9 Å². The molecule has 0 unspecified atom stereocenters. The van der Waals surface area contributed by atoms with E-state index in [0.29, 0.717) is 5.50 Å². The van der Waals surface area contributed by atoms with E-state index in [1.165, 1.54) is 5.19 Å². The zero-order valence-electron chi connectivity index (χ0n) is 11.1. The molecule has 0 spiro atoms. The third-order valence-corrected chi connectivity index (χ3v) is 11.2. The Morgan fingerprint density at radius 2 is 1.71 bits per heavy atom. The first-order valence-electron chi connectivity index (χ1n) is 5.80. The van der Waals surface area contributed by atoms with Gasteiger partial charge in [-0.3, -0.25) is 0 Å². The molecule has 4 heteroatoms. The van der Waals surface area contributed by atoms with E-state index in [1.807, 2.05) is 6.08 Å². The molecule has 0 aromatic heterocycles. The van der Waals surface area contributed by atoms with Crippen molar-refractivity contribution in [3.63, 3.8) is 0 Å². The van der Waals surface area contributed by atoms with Gasteiger partial charge in [0.05, 0.1) is 0 Å². The van der Waals surface area contributed by atoms with Gasteiger partial charge < -0.3 is 4.12 Å². The van der Waals surface area contributed by atoms with Crippen molar-refractivity contribution in [2.24, 2.45) is 0 Å². The highest BCUT2D eigenvalue weighted by molar-refractivity contribution is 6.93. The lowest BCUT2D eigenvalue weighted by atomic mass is 10.2. The minimum absolute atomic E-state index is 0.647. The number of benzene rings is 1. The van der Waals surface area contributed by atoms with Gasteiger partial charge in [0.15, 0.2) is 8.32 Å². The molecule has 0 radical (unpaired) electrons. The van der Waals surface area contributed by atoms with Gasteiger partial charge in [0.25, 0.3) is 0 Å². The van der Waals surface area contributed by atoms with Crippen molar-refractivity contribution in [2.45, 2.75) is 26.2 Å². The lowest BCUT2D eigenvalue weighted by Gasteiger charge is -2.33. The molecule has 0 aliphatic rings. The number of hydrogen-bond acceptors (Lipinski definition) is 1. The number of rotatable bonds is 5. The van der Waals surface area contributed by atoms with E-state index in [0.717, 1.165) is 5.56 Å². The molecule has 0 N–H and O–H groups in total. The summed E-state index contributed by atoms with van der Waals surface area (Å²) in [5.74, 6) is 0. The molecular formula is C13H21ClOSi2. The second-order valence-electron chi connectivity index (χ2n) is 5.33. The lowest BCUT2D eigenvalue weighted by molar-refractivity contribution is 0.564. The molecule has 1 nitrogen and oxygen atoms in total. The molecule has 0 bridgehead atoms. The average Bonchev–Trinajstić information content (AvgIpc) is 2.28. The fourth-order valence-electron chi connectivity index (χ4n) is 1.80. The number of alkyl halides is 1. The van der Waals surface area contributed by atoms with Gasteiger partial charge in [-0.25, -0.2) is 0 Å². The largest absolute Gasteiger partial charge is 0.451 e. The maximum atomic E-state index is 6.35. The van der Waals surface area contributed by atoms with E-state index in [9.17, 15) is 0 Å². The molecule has 0 amide bonds. The molecule has 0 aliphatic heterocycles. The standard InChI is InChI=1S/C13H21ClOSi2/c1-6-12-7-9-13(10-8-12)17(4,5)15-16(2,3)11-14/h6-10H,1,11H2,2-5H3. The summed E-state index contributed by atoms with van der Waals surface area (Å²) in [6, 6.07) is 8.50. The van der Waals surface area contributed by atoms with Crippen LogP contribution in [0.1, 0.15) is 5.56 Å². The van der Waals surface area contributed by atoms with E-state index in [4.69, 9.17) is 15.7 Å². The second kappa shape index (κ2) is 5.52. The fourth-order valence-corrected chi connectivity index (χ4v) is 9.47. The average molecular weight is 285 g/mol. The Hall–Kier alpha value is -0.356. The predicted molar refractivity (Wildman–Crippen MR) is 82.9 cm³/mol. The summed E-state index contributed by atoms with van der Waals surface area (Å²) in [5.41, 5.74) is 1.79. The van der Waals surface area contributed by atoms with E-state index in [2.05, 4.69) is 57.0 Å². The van der Waals surface area contributed by atoms with Crippen LogP contribution in [0.25, 0.3) is 6.08 Å². The Morgan fingerprint density at radius 3 is 2.12 bits per heavy atom. The van der Waals surface area contributed by atoms with Crippen LogP contribution in [-0.4, -0.2) is 22.1 Å². The number of hydrogen-bond donors (Lipinski definition) is 0. The fraction of sp³-hybridized carbons (Fsp3) is 0.385. The highest BCUT2D eigenvalue weighted by atomic mass is 35.5. The van der Waals surface area contributed by atoms with Crippen LogP contribution in [0.4, 0.5) is 0 Å². The van der Waals surface area contributed by atoms with Crippen molar-refractivity contribution in [1.82, 2.24) is 0 Å². The summed E-state index contributed by atoms with van der Waals surface area (Å²) in [4.78, 5) is 0. The van der Waals surface area contributed by atoms with Crippen molar-refractivity contribution in [3.05, 3.63) is 36.4 Å². The minimum Gasteiger partial charge on any atom is -0.451 e. The van der Waals surface area contributed by atoms with Crippen LogP contribution in [0.3, 0.4) is 0 Å². The van der Waals surface area contributed by atoms with E-state index in [-0.39, 0.29) is 0 Å². The molecule has 0 atom stereocenters. The summed E-state index contributed by atoms with van der Waals surface area (Å²) in [6.45, 7) is 12.6. The van der Waals surface area contributed by atoms with Crippen LogP contribution >= 0.6 is 11.6 Å². The first-order chi connectivity index (χ1) is 7.80. The Balaban J connectivity index is 2.92. The molecule has 17 heavy (non-hydrogen) atoms. The van der Waals surface area contributed by atoms with Crippen molar-refractivity contribution < 1.29 is 4.12 Å². The van der Waals surface area contributed by atoms with Gasteiger partial charge >= 0.3 is 0 Å². The van der Waals surface area contributed by atoms with Crippen molar-refractivity contribution in [1.29, 1.82) is 0 Å². The maximum absolute atomic E-state index is 6.35. The summed E-state index contributed by atoms with van der Waals surface area (Å²) >= 11 is 5.98. The summed E-state index contributed by atoms with van der Waals surface area (Å²) in [5, 5.41) is 1.31. The van der Waals surface area contributed by atoms with Crippen LogP contribution in [0.2, 0.25) is 26.2 Å². The zero-order chi connectivity index (χ0) is 13.1.